The van der Waals surface area contributed by atoms with Crippen LogP contribution in [0.3, 0.4) is 0 Å². The number of hydrogen-bond acceptors (Lipinski definition) is 5. The highest BCUT2D eigenvalue weighted by Gasteiger charge is 2.38. The second kappa shape index (κ2) is 13.0. The van der Waals surface area contributed by atoms with E-state index in [0.29, 0.717) is 31.0 Å². The number of fused-ring (bicyclic) bond motifs is 1. The second-order valence-electron chi connectivity index (χ2n) is 10.0. The highest BCUT2D eigenvalue weighted by atomic mass is 16.6. The Morgan fingerprint density at radius 3 is 2.27 bits per heavy atom. The monoisotopic (exact) mass is 550 g/mol. The summed E-state index contributed by atoms with van der Waals surface area (Å²) in [7, 11) is 1.61. The summed E-state index contributed by atoms with van der Waals surface area (Å²) in [5.74, 6) is 1.27. The normalized spacial score (nSPS) is 14.5. The molecule has 0 fully saturated rings. The van der Waals surface area contributed by atoms with Gasteiger partial charge < -0.3 is 24.4 Å². The minimum atomic E-state index is -0.886. The van der Waals surface area contributed by atoms with Crippen molar-refractivity contribution in [1.82, 2.24) is 10.2 Å². The van der Waals surface area contributed by atoms with Crippen LogP contribution in [0, 0.1) is 6.92 Å². The number of aryl methyl sites for hydroxylation is 1. The molecule has 0 bridgehead atoms. The van der Waals surface area contributed by atoms with Gasteiger partial charge in [-0.2, -0.15) is 0 Å². The number of amides is 2. The van der Waals surface area contributed by atoms with Crippen molar-refractivity contribution in [3.8, 4) is 17.2 Å². The zero-order valence-electron chi connectivity index (χ0n) is 23.3. The van der Waals surface area contributed by atoms with Crippen molar-refractivity contribution in [3.63, 3.8) is 0 Å². The predicted octanol–water partition coefficient (Wildman–Crippen LogP) is 5.27. The molecule has 4 aromatic carbocycles. The Bertz CT molecular complexity index is 1450. The standard InChI is InChI=1S/C34H34N2O5/c1-24-12-16-27(17-13-24)32(33(37)35-22-26-14-18-28(39-2)19-15-26)36(21-20-25-8-4-3-5-9-25)34(38)31-23-40-29-10-6-7-11-30(29)41-31/h3-19,31-32H,20-23H2,1-2H3,(H,35,37). The number of para-hydroxylation sites is 2. The third-order valence-electron chi connectivity index (χ3n) is 7.13. The van der Waals surface area contributed by atoms with Gasteiger partial charge in [0.1, 0.15) is 18.4 Å². The molecule has 0 aromatic heterocycles. The number of ether oxygens (including phenoxy) is 3. The fourth-order valence-electron chi connectivity index (χ4n) is 4.84. The molecular formula is C34H34N2O5. The molecule has 41 heavy (non-hydrogen) atoms. The zero-order chi connectivity index (χ0) is 28.6. The number of carbonyl (C=O) groups is 2. The van der Waals surface area contributed by atoms with E-state index in [1.807, 2.05) is 104 Å². The summed E-state index contributed by atoms with van der Waals surface area (Å²) in [6.07, 6.45) is -0.312. The quantitative estimate of drug-likeness (QED) is 0.291. The van der Waals surface area contributed by atoms with Gasteiger partial charge >= 0.3 is 0 Å². The van der Waals surface area contributed by atoms with E-state index in [4.69, 9.17) is 14.2 Å². The van der Waals surface area contributed by atoms with Gasteiger partial charge in [-0.1, -0.05) is 84.4 Å². The van der Waals surface area contributed by atoms with Gasteiger partial charge in [-0.3, -0.25) is 9.59 Å². The maximum absolute atomic E-state index is 14.2. The number of carbonyl (C=O) groups excluding carboxylic acids is 2. The molecule has 0 aliphatic carbocycles. The van der Waals surface area contributed by atoms with Crippen LogP contribution in [0.15, 0.2) is 103 Å². The van der Waals surface area contributed by atoms with Gasteiger partial charge in [0.05, 0.1) is 7.11 Å². The molecule has 2 unspecified atom stereocenters. The molecule has 0 spiro atoms. The van der Waals surface area contributed by atoms with E-state index in [9.17, 15) is 9.59 Å². The van der Waals surface area contributed by atoms with Gasteiger partial charge in [-0.15, -0.1) is 0 Å². The fourth-order valence-corrected chi connectivity index (χ4v) is 4.84. The maximum Gasteiger partial charge on any atom is 0.268 e. The summed E-state index contributed by atoms with van der Waals surface area (Å²) < 4.78 is 17.2. The lowest BCUT2D eigenvalue weighted by Gasteiger charge is -2.35. The van der Waals surface area contributed by atoms with Crippen molar-refractivity contribution in [3.05, 3.63) is 125 Å². The highest BCUT2D eigenvalue weighted by Crippen LogP contribution is 2.32. The first-order valence-electron chi connectivity index (χ1n) is 13.7. The lowest BCUT2D eigenvalue weighted by Crippen LogP contribution is -2.51. The first-order valence-corrected chi connectivity index (χ1v) is 13.7. The Labute approximate surface area is 240 Å². The summed E-state index contributed by atoms with van der Waals surface area (Å²) in [4.78, 5) is 29.8. The van der Waals surface area contributed by atoms with Gasteiger partial charge in [-0.05, 0) is 54.3 Å². The minimum Gasteiger partial charge on any atom is -0.497 e. The summed E-state index contributed by atoms with van der Waals surface area (Å²) >= 11 is 0. The molecule has 5 rings (SSSR count). The van der Waals surface area contributed by atoms with Crippen LogP contribution in [-0.2, 0) is 22.6 Å². The topological polar surface area (TPSA) is 77.1 Å². The fraction of sp³-hybridized carbons (Fsp3) is 0.235. The van der Waals surface area contributed by atoms with Crippen molar-refractivity contribution in [2.75, 3.05) is 20.3 Å². The van der Waals surface area contributed by atoms with Gasteiger partial charge in [0, 0.05) is 13.1 Å². The smallest absolute Gasteiger partial charge is 0.268 e. The second-order valence-corrected chi connectivity index (χ2v) is 10.0. The molecule has 0 saturated heterocycles. The van der Waals surface area contributed by atoms with E-state index in [2.05, 4.69) is 5.32 Å². The Hall–Kier alpha value is -4.78. The van der Waals surface area contributed by atoms with Crippen LogP contribution >= 0.6 is 0 Å². The van der Waals surface area contributed by atoms with E-state index in [-0.39, 0.29) is 18.4 Å². The van der Waals surface area contributed by atoms with Crippen molar-refractivity contribution in [2.24, 2.45) is 0 Å². The summed E-state index contributed by atoms with van der Waals surface area (Å²) in [5, 5.41) is 3.06. The molecule has 1 aliphatic rings. The Balaban J connectivity index is 1.44. The number of methoxy groups -OCH3 is 1. The van der Waals surface area contributed by atoms with E-state index in [1.165, 1.54) is 0 Å². The van der Waals surface area contributed by atoms with E-state index in [1.54, 1.807) is 18.1 Å². The molecule has 2 atom stereocenters. The van der Waals surface area contributed by atoms with Gasteiger partial charge in [0.15, 0.2) is 11.5 Å². The number of hydrogen-bond donors (Lipinski definition) is 1. The van der Waals surface area contributed by atoms with Crippen LogP contribution in [-0.4, -0.2) is 43.1 Å². The Morgan fingerprint density at radius 1 is 0.878 bits per heavy atom. The molecule has 7 nitrogen and oxygen atoms in total. The molecule has 1 aliphatic heterocycles. The lowest BCUT2D eigenvalue weighted by molar-refractivity contribution is -0.148. The summed E-state index contributed by atoms with van der Waals surface area (Å²) in [6, 6.07) is 31.6. The first kappa shape index (κ1) is 27.8. The van der Waals surface area contributed by atoms with E-state index < -0.39 is 12.1 Å². The average molecular weight is 551 g/mol. The predicted molar refractivity (Wildman–Crippen MR) is 157 cm³/mol. The molecule has 1 N–H and O–H groups in total. The molecule has 2 amide bonds. The SMILES string of the molecule is COc1ccc(CNC(=O)C(c2ccc(C)cc2)N(CCc2ccccc2)C(=O)C2COc3ccccc3O2)cc1. The average Bonchev–Trinajstić information content (AvgIpc) is 3.02. The molecule has 0 saturated carbocycles. The van der Waals surface area contributed by atoms with Crippen molar-refractivity contribution < 1.29 is 23.8 Å². The Morgan fingerprint density at radius 2 is 1.56 bits per heavy atom. The van der Waals surface area contributed by atoms with Crippen molar-refractivity contribution in [2.45, 2.75) is 32.0 Å². The molecule has 4 aromatic rings. The molecule has 7 heteroatoms. The van der Waals surface area contributed by atoms with Crippen LogP contribution in [0.4, 0.5) is 0 Å². The maximum atomic E-state index is 14.2. The first-order chi connectivity index (χ1) is 20.0. The van der Waals surface area contributed by atoms with Crippen LogP contribution in [0.1, 0.15) is 28.3 Å². The van der Waals surface area contributed by atoms with Crippen LogP contribution in [0.25, 0.3) is 0 Å². The summed E-state index contributed by atoms with van der Waals surface area (Å²) in [5.41, 5.74) is 3.78. The number of benzene rings is 4. The molecular weight excluding hydrogens is 516 g/mol. The van der Waals surface area contributed by atoms with Crippen LogP contribution < -0.4 is 19.5 Å². The van der Waals surface area contributed by atoms with Gasteiger partial charge in [0.2, 0.25) is 12.0 Å². The lowest BCUT2D eigenvalue weighted by atomic mass is 10.0. The van der Waals surface area contributed by atoms with Crippen molar-refractivity contribution in [1.29, 1.82) is 0 Å². The van der Waals surface area contributed by atoms with E-state index in [0.717, 1.165) is 28.0 Å². The van der Waals surface area contributed by atoms with Gasteiger partial charge in [0.25, 0.3) is 5.91 Å². The van der Waals surface area contributed by atoms with Crippen molar-refractivity contribution >= 4 is 11.8 Å². The zero-order valence-corrected chi connectivity index (χ0v) is 23.3. The third kappa shape index (κ3) is 6.87. The van der Waals surface area contributed by atoms with Gasteiger partial charge in [-0.25, -0.2) is 0 Å². The molecule has 0 radical (unpaired) electrons. The molecule has 210 valence electrons. The number of nitrogens with one attached hydrogen (secondary N) is 1. The van der Waals surface area contributed by atoms with E-state index >= 15 is 0 Å². The summed E-state index contributed by atoms with van der Waals surface area (Å²) in [6.45, 7) is 2.68. The number of rotatable bonds is 10. The molecule has 1 heterocycles. The highest BCUT2D eigenvalue weighted by molar-refractivity contribution is 5.90. The largest absolute Gasteiger partial charge is 0.497 e. The Kier molecular flexibility index (Phi) is 8.84. The van der Waals surface area contributed by atoms with Crippen LogP contribution in [0.5, 0.6) is 17.2 Å². The third-order valence-corrected chi connectivity index (χ3v) is 7.13. The minimum absolute atomic E-state index is 0.0613. The number of nitrogens with zero attached hydrogens (tertiary/aromatic N) is 1. The van der Waals surface area contributed by atoms with Crippen LogP contribution in [0.2, 0.25) is 0 Å².